The Labute approximate surface area is 214 Å². The summed E-state index contributed by atoms with van der Waals surface area (Å²) >= 11 is 5.93. The normalized spacial score (nSPS) is 17.4. The van der Waals surface area contributed by atoms with Crippen molar-refractivity contribution in [1.82, 2.24) is 14.9 Å². The molecule has 0 radical (unpaired) electrons. The number of carbonyl (C=O) groups excluding carboxylic acids is 1. The molecule has 1 unspecified atom stereocenters. The number of hydrogen-bond donors (Lipinski definition) is 2. The molecule has 1 fully saturated rings. The van der Waals surface area contributed by atoms with E-state index in [-0.39, 0.29) is 22.0 Å². The average Bonchev–Trinajstić information content (AvgIpc) is 3.27. The first-order valence-electron chi connectivity index (χ1n) is 11.5. The van der Waals surface area contributed by atoms with Crippen LogP contribution < -0.4 is 10.6 Å². The number of ether oxygens (including phenoxy) is 1. The van der Waals surface area contributed by atoms with Crippen LogP contribution in [0.2, 0.25) is 5.02 Å². The number of likely N-dealkylation sites (N-methyl/N-ethyl adjacent to an activating group) is 1. The van der Waals surface area contributed by atoms with Crippen molar-refractivity contribution < 1.29 is 13.9 Å². The first kappa shape index (κ1) is 25.6. The van der Waals surface area contributed by atoms with Crippen molar-refractivity contribution >= 4 is 45.6 Å². The molecule has 2 heterocycles. The number of halogens is 2. The average molecular weight is 508 g/mol. The predicted molar refractivity (Wildman–Crippen MR) is 141 cm³/mol. The summed E-state index contributed by atoms with van der Waals surface area (Å²) in [6.07, 6.45) is 5.48. The highest BCUT2D eigenvalue weighted by Crippen LogP contribution is 2.32. The third-order valence-corrected chi connectivity index (χ3v) is 5.99. The minimum atomic E-state index is -0.583. The molecule has 9 heteroatoms. The van der Waals surface area contributed by atoms with Crippen LogP contribution in [0.3, 0.4) is 0 Å². The summed E-state index contributed by atoms with van der Waals surface area (Å²) in [6, 6.07) is 8.22. The maximum absolute atomic E-state index is 14.5. The standard InChI is InChI=1S/C27H27ClFN5O2/c1-27(11-13-36-16-27)10-9-18-14-23-19(15-22(18)32-24(35)8-5-12-34(2)3)26(31-17-30-23)33-21-7-4-6-20(28)25(21)29/h4-8,14-15,17H,11-13,16H2,1-3H3,(H,32,35)(H,30,31,33)/b8-5+. The molecule has 1 aromatic heterocycles. The second-order valence-electron chi connectivity index (χ2n) is 9.13. The number of fused-ring (bicyclic) bond motifs is 1. The van der Waals surface area contributed by atoms with Crippen molar-refractivity contribution in [3.8, 4) is 11.8 Å². The van der Waals surface area contributed by atoms with Crippen molar-refractivity contribution in [2.24, 2.45) is 5.41 Å². The summed E-state index contributed by atoms with van der Waals surface area (Å²) in [6.45, 7) is 3.92. The van der Waals surface area contributed by atoms with E-state index in [1.165, 1.54) is 18.5 Å². The van der Waals surface area contributed by atoms with Gasteiger partial charge in [0.25, 0.3) is 0 Å². The maximum Gasteiger partial charge on any atom is 0.248 e. The van der Waals surface area contributed by atoms with E-state index in [4.69, 9.17) is 16.3 Å². The third kappa shape index (κ3) is 6.18. The van der Waals surface area contributed by atoms with Crippen LogP contribution in [0.25, 0.3) is 10.9 Å². The highest BCUT2D eigenvalue weighted by Gasteiger charge is 2.27. The molecule has 1 amide bonds. The summed E-state index contributed by atoms with van der Waals surface area (Å²) in [5, 5.41) is 6.50. The first-order chi connectivity index (χ1) is 17.2. The van der Waals surface area contributed by atoms with Crippen LogP contribution in [0.15, 0.2) is 48.8 Å². The van der Waals surface area contributed by atoms with Gasteiger partial charge in [-0.3, -0.25) is 4.79 Å². The van der Waals surface area contributed by atoms with Crippen molar-refractivity contribution in [1.29, 1.82) is 0 Å². The minimum Gasteiger partial charge on any atom is -0.380 e. The molecule has 1 aliphatic rings. The van der Waals surface area contributed by atoms with Gasteiger partial charge in [0.15, 0.2) is 5.82 Å². The van der Waals surface area contributed by atoms with E-state index >= 15 is 0 Å². The molecule has 3 aromatic rings. The van der Waals surface area contributed by atoms with E-state index in [0.717, 1.165) is 6.42 Å². The van der Waals surface area contributed by atoms with Crippen LogP contribution in [-0.4, -0.2) is 54.6 Å². The molecule has 36 heavy (non-hydrogen) atoms. The molecule has 1 atom stereocenters. The Morgan fingerprint density at radius 2 is 2.14 bits per heavy atom. The molecule has 7 nitrogen and oxygen atoms in total. The monoisotopic (exact) mass is 507 g/mol. The van der Waals surface area contributed by atoms with Gasteiger partial charge < -0.3 is 20.3 Å². The van der Waals surface area contributed by atoms with Gasteiger partial charge in [0, 0.05) is 24.6 Å². The second-order valence-corrected chi connectivity index (χ2v) is 9.54. The number of nitrogens with zero attached hydrogens (tertiary/aromatic N) is 3. The topological polar surface area (TPSA) is 79.4 Å². The Hall–Kier alpha value is -3.51. The fraction of sp³-hybridized carbons (Fsp3) is 0.296. The van der Waals surface area contributed by atoms with Crippen LogP contribution in [0.5, 0.6) is 0 Å². The lowest BCUT2D eigenvalue weighted by Gasteiger charge is -2.14. The molecular weight excluding hydrogens is 481 g/mol. The van der Waals surface area contributed by atoms with Gasteiger partial charge in [-0.15, -0.1) is 0 Å². The van der Waals surface area contributed by atoms with Gasteiger partial charge in [-0.25, -0.2) is 14.4 Å². The largest absolute Gasteiger partial charge is 0.380 e. The smallest absolute Gasteiger partial charge is 0.248 e. The van der Waals surface area contributed by atoms with Crippen LogP contribution in [-0.2, 0) is 9.53 Å². The fourth-order valence-electron chi connectivity index (χ4n) is 3.67. The molecule has 0 spiro atoms. The molecule has 2 N–H and O–H groups in total. The molecule has 1 aliphatic heterocycles. The molecule has 0 aliphatic carbocycles. The maximum atomic E-state index is 14.5. The summed E-state index contributed by atoms with van der Waals surface area (Å²) in [5.74, 6) is 6.02. The van der Waals surface area contributed by atoms with Crippen LogP contribution in [0, 0.1) is 23.1 Å². The van der Waals surface area contributed by atoms with Crippen LogP contribution in [0.4, 0.5) is 21.6 Å². The number of amides is 1. The van der Waals surface area contributed by atoms with Crippen molar-refractivity contribution in [3.05, 3.63) is 65.2 Å². The molecule has 2 aromatic carbocycles. The Morgan fingerprint density at radius 1 is 1.31 bits per heavy atom. The van der Waals surface area contributed by atoms with Gasteiger partial charge in [-0.2, -0.15) is 0 Å². The van der Waals surface area contributed by atoms with Gasteiger partial charge in [-0.1, -0.05) is 35.6 Å². The van der Waals surface area contributed by atoms with Gasteiger partial charge in [0.1, 0.15) is 12.1 Å². The lowest BCUT2D eigenvalue weighted by molar-refractivity contribution is -0.111. The lowest BCUT2D eigenvalue weighted by Crippen LogP contribution is -2.14. The third-order valence-electron chi connectivity index (χ3n) is 5.69. The number of hydrogen-bond acceptors (Lipinski definition) is 6. The molecule has 4 rings (SSSR count). The van der Waals surface area contributed by atoms with E-state index in [1.807, 2.05) is 19.0 Å². The summed E-state index contributed by atoms with van der Waals surface area (Å²) < 4.78 is 20.0. The van der Waals surface area contributed by atoms with E-state index < -0.39 is 5.82 Å². The van der Waals surface area contributed by atoms with Crippen LogP contribution in [0.1, 0.15) is 18.9 Å². The molecular formula is C27H27ClFN5O2. The van der Waals surface area contributed by atoms with E-state index in [0.29, 0.717) is 47.7 Å². The quantitative estimate of drug-likeness (QED) is 0.361. The van der Waals surface area contributed by atoms with E-state index in [1.54, 1.807) is 30.3 Å². The Balaban J connectivity index is 1.75. The summed E-state index contributed by atoms with van der Waals surface area (Å²) in [5.41, 5.74) is 1.63. The van der Waals surface area contributed by atoms with Gasteiger partial charge >= 0.3 is 0 Å². The van der Waals surface area contributed by atoms with Crippen molar-refractivity contribution in [2.45, 2.75) is 13.3 Å². The van der Waals surface area contributed by atoms with Gasteiger partial charge in [0.2, 0.25) is 5.91 Å². The predicted octanol–water partition coefficient (Wildman–Crippen LogP) is 5.00. The zero-order valence-electron chi connectivity index (χ0n) is 20.4. The van der Waals surface area contributed by atoms with Crippen molar-refractivity contribution in [2.75, 3.05) is 44.5 Å². The molecule has 1 saturated heterocycles. The number of anilines is 3. The SMILES string of the molecule is CN(C)C/C=C/C(=O)Nc1cc2c(Nc3cccc(Cl)c3F)ncnc2cc1C#CC1(C)CCOC1. The van der Waals surface area contributed by atoms with Crippen molar-refractivity contribution in [3.63, 3.8) is 0 Å². The lowest BCUT2D eigenvalue weighted by atomic mass is 9.90. The number of carbonyl (C=O) groups is 1. The zero-order chi connectivity index (χ0) is 25.7. The fourth-order valence-corrected chi connectivity index (χ4v) is 3.84. The number of nitrogens with one attached hydrogen (secondary N) is 2. The number of rotatable bonds is 6. The first-order valence-corrected chi connectivity index (χ1v) is 11.8. The highest BCUT2D eigenvalue weighted by atomic mass is 35.5. The summed E-state index contributed by atoms with van der Waals surface area (Å²) in [4.78, 5) is 23.3. The number of aromatic nitrogens is 2. The Morgan fingerprint density at radius 3 is 2.89 bits per heavy atom. The number of benzene rings is 2. The second kappa shape index (κ2) is 11.0. The van der Waals surface area contributed by atoms with Gasteiger partial charge in [-0.05, 0) is 51.7 Å². The van der Waals surface area contributed by atoms with E-state index in [2.05, 4.69) is 39.4 Å². The highest BCUT2D eigenvalue weighted by molar-refractivity contribution is 6.31. The Bertz CT molecular complexity index is 1370. The molecule has 0 saturated carbocycles. The summed E-state index contributed by atoms with van der Waals surface area (Å²) in [7, 11) is 3.84. The zero-order valence-corrected chi connectivity index (χ0v) is 21.1. The minimum absolute atomic E-state index is 0.00206. The molecule has 186 valence electrons. The molecule has 0 bridgehead atoms. The van der Waals surface area contributed by atoms with E-state index in [9.17, 15) is 9.18 Å². The van der Waals surface area contributed by atoms with Crippen LogP contribution >= 0.6 is 11.6 Å². The van der Waals surface area contributed by atoms with Gasteiger partial charge in [0.05, 0.1) is 39.5 Å². The Kier molecular flexibility index (Phi) is 7.85.